The fourth-order valence-corrected chi connectivity index (χ4v) is 1.79. The smallest absolute Gasteiger partial charge is 0.241 e. The van der Waals surface area contributed by atoms with Crippen LogP contribution in [-0.2, 0) is 23.4 Å². The number of likely N-dealkylation sites (N-methyl/N-ethyl adjacent to an activating group) is 1. The van der Waals surface area contributed by atoms with Crippen molar-refractivity contribution >= 4 is 11.6 Å². The first-order chi connectivity index (χ1) is 9.88. The Balaban J connectivity index is 1.91. The van der Waals surface area contributed by atoms with Gasteiger partial charge in [0.1, 0.15) is 6.54 Å². The zero-order valence-electron chi connectivity index (χ0n) is 12.9. The SMILES string of the molecule is CNC(=O)Cn1cc(NCc2cnn(C(C)(C)C)c2)cn1. The highest BCUT2D eigenvalue weighted by atomic mass is 16.1. The van der Waals surface area contributed by atoms with Crippen molar-refractivity contribution in [1.82, 2.24) is 24.9 Å². The molecule has 2 aromatic heterocycles. The standard InChI is InChI=1S/C14H22N6O/c1-14(2,3)20-8-11(6-18-20)5-16-12-7-17-19(9-12)10-13(21)15-4/h6-9,16H,5,10H2,1-4H3,(H,15,21). The van der Waals surface area contributed by atoms with E-state index in [2.05, 4.69) is 41.6 Å². The van der Waals surface area contributed by atoms with Crippen molar-refractivity contribution in [3.63, 3.8) is 0 Å². The summed E-state index contributed by atoms with van der Waals surface area (Å²) in [5, 5.41) is 14.3. The minimum atomic E-state index is -0.0731. The van der Waals surface area contributed by atoms with E-state index < -0.39 is 0 Å². The van der Waals surface area contributed by atoms with Gasteiger partial charge in [-0.15, -0.1) is 0 Å². The first kappa shape index (κ1) is 15.1. The molecule has 7 nitrogen and oxygen atoms in total. The predicted molar refractivity (Wildman–Crippen MR) is 80.8 cm³/mol. The minimum Gasteiger partial charge on any atom is -0.378 e. The summed E-state index contributed by atoms with van der Waals surface area (Å²) in [5.74, 6) is -0.0731. The van der Waals surface area contributed by atoms with Gasteiger partial charge in [0.2, 0.25) is 5.91 Å². The number of hydrogen-bond acceptors (Lipinski definition) is 4. The van der Waals surface area contributed by atoms with Gasteiger partial charge in [0.25, 0.3) is 0 Å². The highest BCUT2D eigenvalue weighted by Crippen LogP contribution is 2.14. The van der Waals surface area contributed by atoms with Gasteiger partial charge in [-0.3, -0.25) is 14.2 Å². The Hall–Kier alpha value is -2.31. The summed E-state index contributed by atoms with van der Waals surface area (Å²) in [6.07, 6.45) is 7.40. The molecule has 2 aromatic rings. The van der Waals surface area contributed by atoms with Crippen LogP contribution in [0.5, 0.6) is 0 Å². The van der Waals surface area contributed by atoms with Gasteiger partial charge in [-0.1, -0.05) is 0 Å². The summed E-state index contributed by atoms with van der Waals surface area (Å²) in [4.78, 5) is 11.3. The molecule has 0 unspecified atom stereocenters. The van der Waals surface area contributed by atoms with E-state index in [0.29, 0.717) is 6.54 Å². The highest BCUT2D eigenvalue weighted by Gasteiger charge is 2.13. The lowest BCUT2D eigenvalue weighted by molar-refractivity contribution is -0.121. The topological polar surface area (TPSA) is 76.8 Å². The van der Waals surface area contributed by atoms with Crippen LogP contribution in [0.4, 0.5) is 5.69 Å². The Kier molecular flexibility index (Phi) is 4.30. The molecule has 0 aliphatic rings. The van der Waals surface area contributed by atoms with E-state index in [4.69, 9.17) is 0 Å². The molecule has 114 valence electrons. The third-order valence-corrected chi connectivity index (χ3v) is 3.04. The number of nitrogens with zero attached hydrogens (tertiary/aromatic N) is 4. The molecule has 2 rings (SSSR count). The summed E-state index contributed by atoms with van der Waals surface area (Å²) in [5.41, 5.74) is 1.96. The molecule has 0 aliphatic carbocycles. The number of nitrogens with one attached hydrogen (secondary N) is 2. The van der Waals surface area contributed by atoms with Crippen LogP contribution in [-0.4, -0.2) is 32.5 Å². The molecule has 0 spiro atoms. The van der Waals surface area contributed by atoms with Crippen molar-refractivity contribution in [3.05, 3.63) is 30.4 Å². The van der Waals surface area contributed by atoms with Crippen LogP contribution >= 0.6 is 0 Å². The van der Waals surface area contributed by atoms with Crippen molar-refractivity contribution in [1.29, 1.82) is 0 Å². The number of hydrogen-bond donors (Lipinski definition) is 2. The van der Waals surface area contributed by atoms with Gasteiger partial charge >= 0.3 is 0 Å². The summed E-state index contributed by atoms with van der Waals surface area (Å²) < 4.78 is 3.54. The molecule has 1 amide bonds. The van der Waals surface area contributed by atoms with Crippen LogP contribution in [0.3, 0.4) is 0 Å². The molecule has 0 atom stereocenters. The Morgan fingerprint density at radius 3 is 2.62 bits per heavy atom. The zero-order valence-corrected chi connectivity index (χ0v) is 12.9. The molecule has 2 heterocycles. The number of aromatic nitrogens is 4. The van der Waals surface area contributed by atoms with E-state index in [9.17, 15) is 4.79 Å². The molecule has 0 radical (unpaired) electrons. The van der Waals surface area contributed by atoms with Crippen LogP contribution in [0.15, 0.2) is 24.8 Å². The second-order valence-corrected chi connectivity index (χ2v) is 5.92. The van der Waals surface area contributed by atoms with Gasteiger partial charge in [0.15, 0.2) is 0 Å². The molecule has 0 bridgehead atoms. The zero-order chi connectivity index (χ0) is 15.5. The monoisotopic (exact) mass is 290 g/mol. The van der Waals surface area contributed by atoms with E-state index in [1.165, 1.54) is 0 Å². The largest absolute Gasteiger partial charge is 0.378 e. The van der Waals surface area contributed by atoms with Crippen LogP contribution in [0.25, 0.3) is 0 Å². The van der Waals surface area contributed by atoms with Crippen molar-refractivity contribution < 1.29 is 4.79 Å². The Morgan fingerprint density at radius 2 is 2.00 bits per heavy atom. The first-order valence-electron chi connectivity index (χ1n) is 6.89. The van der Waals surface area contributed by atoms with E-state index in [1.54, 1.807) is 17.9 Å². The Bertz CT molecular complexity index is 607. The fraction of sp³-hybridized carbons (Fsp3) is 0.500. The van der Waals surface area contributed by atoms with Crippen molar-refractivity contribution in [3.8, 4) is 0 Å². The van der Waals surface area contributed by atoms with Gasteiger partial charge in [0.05, 0.1) is 23.6 Å². The number of anilines is 1. The van der Waals surface area contributed by atoms with Crippen molar-refractivity contribution in [2.45, 2.75) is 39.4 Å². The van der Waals surface area contributed by atoms with Crippen molar-refractivity contribution in [2.24, 2.45) is 0 Å². The number of rotatable bonds is 5. The number of carbonyl (C=O) groups is 1. The lowest BCUT2D eigenvalue weighted by Gasteiger charge is -2.18. The number of amides is 1. The number of carbonyl (C=O) groups excluding carboxylic acids is 1. The highest BCUT2D eigenvalue weighted by molar-refractivity contribution is 5.75. The summed E-state index contributed by atoms with van der Waals surface area (Å²) in [6, 6.07) is 0. The lowest BCUT2D eigenvalue weighted by Crippen LogP contribution is -2.23. The summed E-state index contributed by atoms with van der Waals surface area (Å²) in [7, 11) is 1.61. The van der Waals surface area contributed by atoms with Crippen LogP contribution in [0.1, 0.15) is 26.3 Å². The molecule has 0 fully saturated rings. The molecule has 7 heteroatoms. The van der Waals surface area contributed by atoms with E-state index in [-0.39, 0.29) is 18.0 Å². The van der Waals surface area contributed by atoms with Gasteiger partial charge < -0.3 is 10.6 Å². The Morgan fingerprint density at radius 1 is 1.24 bits per heavy atom. The molecular formula is C14H22N6O. The molecule has 0 aromatic carbocycles. The van der Waals surface area contributed by atoms with Crippen LogP contribution in [0, 0.1) is 0 Å². The molecule has 0 saturated heterocycles. The molecule has 0 saturated carbocycles. The maximum atomic E-state index is 11.3. The minimum absolute atomic E-state index is 0.0172. The molecular weight excluding hydrogens is 268 g/mol. The Labute approximate surface area is 124 Å². The third-order valence-electron chi connectivity index (χ3n) is 3.04. The van der Waals surface area contributed by atoms with E-state index >= 15 is 0 Å². The fourth-order valence-electron chi connectivity index (χ4n) is 1.79. The van der Waals surface area contributed by atoms with Crippen LogP contribution in [0.2, 0.25) is 0 Å². The van der Waals surface area contributed by atoms with Crippen molar-refractivity contribution in [2.75, 3.05) is 12.4 Å². The predicted octanol–water partition coefficient (Wildman–Crippen LogP) is 1.19. The van der Waals surface area contributed by atoms with E-state index in [0.717, 1.165) is 11.3 Å². The second-order valence-electron chi connectivity index (χ2n) is 5.92. The second kappa shape index (κ2) is 5.99. The average molecular weight is 290 g/mol. The maximum Gasteiger partial charge on any atom is 0.241 e. The molecule has 21 heavy (non-hydrogen) atoms. The lowest BCUT2D eigenvalue weighted by atomic mass is 10.1. The maximum absolute atomic E-state index is 11.3. The molecule has 2 N–H and O–H groups in total. The summed E-state index contributed by atoms with van der Waals surface area (Å²) in [6.45, 7) is 7.22. The molecule has 0 aliphatic heterocycles. The van der Waals surface area contributed by atoms with Gasteiger partial charge in [-0.2, -0.15) is 10.2 Å². The summed E-state index contributed by atoms with van der Waals surface area (Å²) >= 11 is 0. The van der Waals surface area contributed by atoms with Gasteiger partial charge in [0, 0.05) is 31.5 Å². The van der Waals surface area contributed by atoms with Gasteiger partial charge in [-0.25, -0.2) is 0 Å². The van der Waals surface area contributed by atoms with Crippen LogP contribution < -0.4 is 10.6 Å². The quantitative estimate of drug-likeness (QED) is 0.867. The first-order valence-corrected chi connectivity index (χ1v) is 6.89. The third kappa shape index (κ3) is 4.08. The normalized spacial score (nSPS) is 11.4. The van der Waals surface area contributed by atoms with Gasteiger partial charge in [-0.05, 0) is 20.8 Å². The van der Waals surface area contributed by atoms with E-state index in [1.807, 2.05) is 23.3 Å². The average Bonchev–Trinajstić information content (AvgIpc) is 3.04.